The lowest BCUT2D eigenvalue weighted by Gasteiger charge is -2.08. The average Bonchev–Trinajstić information content (AvgIpc) is 3.41. The van der Waals surface area contributed by atoms with Crippen LogP contribution in [0, 0.1) is 0 Å². The van der Waals surface area contributed by atoms with Crippen molar-refractivity contribution in [3.8, 4) is 0 Å². The molecule has 3 aromatic carbocycles. The minimum Gasteiger partial charge on any atom is -0.330 e. The van der Waals surface area contributed by atoms with E-state index < -0.39 is 0 Å². The first-order valence-electron chi connectivity index (χ1n) is 10.6. The number of halogens is 2. The van der Waals surface area contributed by atoms with E-state index in [2.05, 4.69) is 73.2 Å². The first-order chi connectivity index (χ1) is 16.5. The van der Waals surface area contributed by atoms with Crippen LogP contribution < -0.4 is 10.6 Å². The van der Waals surface area contributed by atoms with Crippen molar-refractivity contribution in [1.82, 2.24) is 19.6 Å². The highest BCUT2D eigenvalue weighted by Gasteiger charge is 2.11. The second kappa shape index (κ2) is 9.97. The minimum absolute atomic E-state index is 0.424. The summed E-state index contributed by atoms with van der Waals surface area (Å²) in [6, 6.07) is 22.4. The minimum atomic E-state index is 0.424. The van der Waals surface area contributed by atoms with Gasteiger partial charge in [0.2, 0.25) is 0 Å². The summed E-state index contributed by atoms with van der Waals surface area (Å²) in [5.41, 5.74) is 3.00. The third-order valence-corrected chi connectivity index (χ3v) is 6.50. The van der Waals surface area contributed by atoms with Crippen LogP contribution in [0.2, 0.25) is 5.02 Å². The lowest BCUT2D eigenvalue weighted by atomic mass is 10.0. The molecule has 0 saturated carbocycles. The Morgan fingerprint density at radius 1 is 0.882 bits per heavy atom. The molecule has 0 unspecified atom stereocenters. The van der Waals surface area contributed by atoms with Gasteiger partial charge in [-0.1, -0.05) is 72.3 Å². The van der Waals surface area contributed by atoms with E-state index in [1.807, 2.05) is 47.4 Å². The molecule has 0 saturated heterocycles. The summed E-state index contributed by atoms with van der Waals surface area (Å²) >= 11 is 15.3. The fourth-order valence-corrected chi connectivity index (χ4v) is 4.58. The molecule has 170 valence electrons. The Kier molecular flexibility index (Phi) is 6.62. The molecule has 5 aromatic rings. The van der Waals surface area contributed by atoms with E-state index in [1.54, 1.807) is 10.9 Å². The molecule has 2 N–H and O–H groups in total. The number of rotatable bonds is 6. The van der Waals surface area contributed by atoms with Crippen molar-refractivity contribution < 1.29 is 0 Å². The van der Waals surface area contributed by atoms with Crippen LogP contribution in [0.4, 0.5) is 11.5 Å². The van der Waals surface area contributed by atoms with Crippen molar-refractivity contribution in [1.29, 1.82) is 0 Å². The Bertz CT molecular complexity index is 1470. The lowest BCUT2D eigenvalue weighted by molar-refractivity contribution is 0.690. The van der Waals surface area contributed by atoms with Gasteiger partial charge in [-0.15, -0.1) is 0 Å². The standard InChI is InChI=1S/C25H20BrClN6S/c26-22-16-33(14-19-7-2-4-11-23(19)27)31-24(22)30-25(34)29-20-12-28-32(15-20)13-18-9-5-8-17-6-1-3-10-21(17)18/h1-12,15-16H,13-14H2,(H2,29,30,31,34). The Morgan fingerprint density at radius 2 is 1.62 bits per heavy atom. The van der Waals surface area contributed by atoms with Crippen molar-refractivity contribution in [2.75, 3.05) is 10.6 Å². The van der Waals surface area contributed by atoms with E-state index in [1.165, 1.54) is 16.3 Å². The van der Waals surface area contributed by atoms with Crippen LogP contribution in [0.25, 0.3) is 10.8 Å². The predicted octanol–water partition coefficient (Wildman–Crippen LogP) is 6.55. The molecule has 0 bridgehead atoms. The summed E-state index contributed by atoms with van der Waals surface area (Å²) in [6.07, 6.45) is 5.57. The van der Waals surface area contributed by atoms with Gasteiger partial charge in [-0.25, -0.2) is 0 Å². The Labute approximate surface area is 215 Å². The molecule has 2 heterocycles. The van der Waals surface area contributed by atoms with E-state index in [0.29, 0.717) is 29.0 Å². The number of hydrogen-bond donors (Lipinski definition) is 2. The molecular formula is C25H20BrClN6S. The molecular weight excluding hydrogens is 532 g/mol. The second-order valence-corrected chi connectivity index (χ2v) is 9.43. The number of anilines is 2. The van der Waals surface area contributed by atoms with Crippen molar-refractivity contribution in [2.45, 2.75) is 13.1 Å². The zero-order valence-electron chi connectivity index (χ0n) is 18.0. The molecule has 0 atom stereocenters. The summed E-state index contributed by atoms with van der Waals surface area (Å²) in [7, 11) is 0. The first kappa shape index (κ1) is 22.6. The normalized spacial score (nSPS) is 11.0. The van der Waals surface area contributed by atoms with Gasteiger partial charge < -0.3 is 10.6 Å². The van der Waals surface area contributed by atoms with Crippen molar-refractivity contribution in [3.05, 3.63) is 106 Å². The number of hydrogen-bond acceptors (Lipinski definition) is 3. The van der Waals surface area contributed by atoms with Gasteiger partial charge in [0.15, 0.2) is 10.9 Å². The molecule has 6 nitrogen and oxygen atoms in total. The monoisotopic (exact) mass is 550 g/mol. The highest BCUT2D eigenvalue weighted by Crippen LogP contribution is 2.23. The van der Waals surface area contributed by atoms with Gasteiger partial charge in [0.25, 0.3) is 0 Å². The molecule has 5 rings (SSSR count). The molecule has 9 heteroatoms. The Balaban J connectivity index is 1.23. The number of thiocarbonyl (C=S) groups is 1. The van der Waals surface area contributed by atoms with Gasteiger partial charge in [-0.3, -0.25) is 9.36 Å². The van der Waals surface area contributed by atoms with Crippen molar-refractivity contribution in [2.24, 2.45) is 0 Å². The van der Waals surface area contributed by atoms with E-state index in [-0.39, 0.29) is 0 Å². The summed E-state index contributed by atoms with van der Waals surface area (Å²) in [4.78, 5) is 0. The Hall–Kier alpha value is -3.20. The summed E-state index contributed by atoms with van der Waals surface area (Å²) in [5.74, 6) is 0.618. The zero-order valence-corrected chi connectivity index (χ0v) is 21.1. The second-order valence-electron chi connectivity index (χ2n) is 7.76. The highest BCUT2D eigenvalue weighted by molar-refractivity contribution is 9.10. The fourth-order valence-electron chi connectivity index (χ4n) is 3.75. The van der Waals surface area contributed by atoms with Gasteiger partial charge in [-0.2, -0.15) is 10.2 Å². The van der Waals surface area contributed by atoms with E-state index >= 15 is 0 Å². The zero-order chi connectivity index (χ0) is 23.5. The van der Waals surface area contributed by atoms with Crippen molar-refractivity contribution >= 4 is 67.1 Å². The van der Waals surface area contributed by atoms with Crippen LogP contribution in [0.15, 0.2) is 89.8 Å². The van der Waals surface area contributed by atoms with Crippen LogP contribution in [-0.2, 0) is 13.1 Å². The number of nitrogens with one attached hydrogen (secondary N) is 2. The number of aromatic nitrogens is 4. The van der Waals surface area contributed by atoms with Gasteiger partial charge in [0.1, 0.15) is 0 Å². The smallest absolute Gasteiger partial charge is 0.176 e. The third-order valence-electron chi connectivity index (χ3n) is 5.34. The molecule has 0 aliphatic carbocycles. The molecule has 0 aliphatic heterocycles. The molecule has 0 amide bonds. The van der Waals surface area contributed by atoms with E-state index in [0.717, 1.165) is 15.7 Å². The van der Waals surface area contributed by atoms with Gasteiger partial charge in [0.05, 0.1) is 29.4 Å². The summed E-state index contributed by atoms with van der Waals surface area (Å²) < 4.78 is 4.50. The first-order valence-corrected chi connectivity index (χ1v) is 12.2. The van der Waals surface area contributed by atoms with Crippen LogP contribution in [0.1, 0.15) is 11.1 Å². The van der Waals surface area contributed by atoms with Crippen LogP contribution in [-0.4, -0.2) is 24.7 Å². The molecule has 2 aromatic heterocycles. The number of nitrogens with zero attached hydrogens (tertiary/aromatic N) is 4. The maximum absolute atomic E-state index is 6.27. The van der Waals surface area contributed by atoms with Gasteiger partial charge in [0, 0.05) is 17.4 Å². The maximum Gasteiger partial charge on any atom is 0.176 e. The van der Waals surface area contributed by atoms with E-state index in [4.69, 9.17) is 23.8 Å². The summed E-state index contributed by atoms with van der Waals surface area (Å²) in [6.45, 7) is 1.22. The molecule has 0 fully saturated rings. The summed E-state index contributed by atoms with van der Waals surface area (Å²) in [5, 5.41) is 18.9. The quantitative estimate of drug-likeness (QED) is 0.234. The topological polar surface area (TPSA) is 59.7 Å². The van der Waals surface area contributed by atoms with Crippen molar-refractivity contribution in [3.63, 3.8) is 0 Å². The van der Waals surface area contributed by atoms with Crippen LogP contribution in [0.5, 0.6) is 0 Å². The largest absolute Gasteiger partial charge is 0.330 e. The predicted molar refractivity (Wildman–Crippen MR) is 146 cm³/mol. The third kappa shape index (κ3) is 5.14. The van der Waals surface area contributed by atoms with Gasteiger partial charge >= 0.3 is 0 Å². The SMILES string of the molecule is S=C(Nc1cnn(Cc2cccc3ccccc23)c1)Nc1nn(Cc2ccccc2Cl)cc1Br. The average molecular weight is 552 g/mol. The number of fused-ring (bicyclic) bond motifs is 1. The molecule has 34 heavy (non-hydrogen) atoms. The molecule has 0 radical (unpaired) electrons. The Morgan fingerprint density at radius 3 is 2.50 bits per heavy atom. The van der Waals surface area contributed by atoms with Crippen LogP contribution >= 0.6 is 39.7 Å². The lowest BCUT2D eigenvalue weighted by Crippen LogP contribution is -2.19. The van der Waals surface area contributed by atoms with E-state index in [9.17, 15) is 0 Å². The highest BCUT2D eigenvalue weighted by atomic mass is 79.9. The number of benzene rings is 3. The molecule has 0 aliphatic rings. The van der Waals surface area contributed by atoms with Gasteiger partial charge in [-0.05, 0) is 56.1 Å². The van der Waals surface area contributed by atoms with Crippen LogP contribution in [0.3, 0.4) is 0 Å². The maximum atomic E-state index is 6.27. The molecule has 0 spiro atoms. The fraction of sp³-hybridized carbons (Fsp3) is 0.0800.